The number of amides is 1. The summed E-state index contributed by atoms with van der Waals surface area (Å²) in [7, 11) is 0. The third-order valence-electron chi connectivity index (χ3n) is 4.13. The Balaban J connectivity index is 0.00000264. The van der Waals surface area contributed by atoms with E-state index in [1.54, 1.807) is 0 Å². The third kappa shape index (κ3) is 4.81. The molecule has 23 heavy (non-hydrogen) atoms. The maximum absolute atomic E-state index is 12.6. The molecule has 0 aliphatic heterocycles. The van der Waals surface area contributed by atoms with Crippen molar-refractivity contribution in [1.29, 1.82) is 0 Å². The Kier molecular flexibility index (Phi) is 7.29. The first kappa shape index (κ1) is 20.2. The topological polar surface area (TPSA) is 68.0 Å². The van der Waals surface area contributed by atoms with Crippen molar-refractivity contribution in [1.82, 2.24) is 10.3 Å². The van der Waals surface area contributed by atoms with E-state index in [1.165, 1.54) is 0 Å². The zero-order valence-electron chi connectivity index (χ0n) is 12.7. The summed E-state index contributed by atoms with van der Waals surface area (Å²) in [6.45, 7) is 2.28. The highest BCUT2D eigenvalue weighted by molar-refractivity contribution is 7.09. The lowest BCUT2D eigenvalue weighted by Gasteiger charge is -2.21. The van der Waals surface area contributed by atoms with Gasteiger partial charge in [0.05, 0.1) is 6.04 Å². The second-order valence-electron chi connectivity index (χ2n) is 5.57. The Labute approximate surface area is 143 Å². The molecule has 1 unspecified atom stereocenters. The van der Waals surface area contributed by atoms with Crippen LogP contribution in [0.2, 0.25) is 0 Å². The lowest BCUT2D eigenvalue weighted by molar-refractivity contribution is -0.140. The first-order chi connectivity index (χ1) is 10.4. The van der Waals surface area contributed by atoms with Gasteiger partial charge in [0.1, 0.15) is 5.01 Å². The summed E-state index contributed by atoms with van der Waals surface area (Å²) in [5, 5.41) is 4.13. The van der Waals surface area contributed by atoms with Crippen molar-refractivity contribution in [2.24, 2.45) is 17.6 Å². The molecule has 1 aliphatic carbocycles. The van der Waals surface area contributed by atoms with E-state index in [0.29, 0.717) is 18.0 Å². The van der Waals surface area contributed by atoms with E-state index in [9.17, 15) is 18.0 Å². The molecule has 1 fully saturated rings. The van der Waals surface area contributed by atoms with E-state index in [-0.39, 0.29) is 30.2 Å². The Hall–Kier alpha value is -0.860. The number of hydrogen-bond donors (Lipinski definition) is 2. The molecule has 1 saturated carbocycles. The molecule has 4 nitrogen and oxygen atoms in total. The second-order valence-corrected chi connectivity index (χ2v) is 6.46. The average molecular weight is 372 g/mol. The van der Waals surface area contributed by atoms with Crippen LogP contribution in [-0.4, -0.2) is 17.4 Å². The molecule has 132 valence electrons. The van der Waals surface area contributed by atoms with Crippen LogP contribution in [0, 0.1) is 11.8 Å². The number of carbonyl (C=O) groups is 1. The molecule has 0 spiro atoms. The number of thiazole rings is 1. The van der Waals surface area contributed by atoms with Crippen LogP contribution in [0.25, 0.3) is 0 Å². The number of carbonyl (C=O) groups excluding carboxylic acids is 1. The van der Waals surface area contributed by atoms with Gasteiger partial charge in [-0.1, -0.05) is 13.3 Å². The summed E-state index contributed by atoms with van der Waals surface area (Å²) in [4.78, 5) is 16.0. The van der Waals surface area contributed by atoms with Crippen LogP contribution in [0.15, 0.2) is 5.38 Å². The van der Waals surface area contributed by atoms with Crippen molar-refractivity contribution in [2.45, 2.75) is 44.8 Å². The van der Waals surface area contributed by atoms with Gasteiger partial charge >= 0.3 is 6.18 Å². The Morgan fingerprint density at radius 1 is 1.52 bits per heavy atom. The zero-order chi connectivity index (χ0) is 16.3. The van der Waals surface area contributed by atoms with Crippen LogP contribution in [0.3, 0.4) is 0 Å². The van der Waals surface area contributed by atoms with Crippen molar-refractivity contribution in [3.05, 3.63) is 16.1 Å². The molecular formula is C14H21ClF3N3OS. The molecule has 1 aliphatic rings. The Bertz CT molecular complexity index is 524. The van der Waals surface area contributed by atoms with Gasteiger partial charge in [0.25, 0.3) is 0 Å². The van der Waals surface area contributed by atoms with Gasteiger partial charge in [0.2, 0.25) is 5.91 Å². The first-order valence-corrected chi connectivity index (χ1v) is 8.27. The molecule has 2 rings (SSSR count). The van der Waals surface area contributed by atoms with Crippen molar-refractivity contribution >= 4 is 29.7 Å². The number of nitrogens with zero attached hydrogens (tertiary/aromatic N) is 1. The summed E-state index contributed by atoms with van der Waals surface area (Å²) in [5.41, 5.74) is 4.77. The van der Waals surface area contributed by atoms with Gasteiger partial charge in [-0.3, -0.25) is 4.79 Å². The van der Waals surface area contributed by atoms with Crippen molar-refractivity contribution in [3.8, 4) is 0 Å². The predicted molar refractivity (Wildman–Crippen MR) is 85.4 cm³/mol. The molecule has 3 N–H and O–H groups in total. The van der Waals surface area contributed by atoms with Crippen LogP contribution >= 0.6 is 23.7 Å². The van der Waals surface area contributed by atoms with Crippen LogP contribution in [-0.2, 0) is 11.0 Å². The van der Waals surface area contributed by atoms with Gasteiger partial charge in [-0.15, -0.1) is 23.7 Å². The summed E-state index contributed by atoms with van der Waals surface area (Å²) in [6, 6.07) is -0.479. The molecule has 3 atom stereocenters. The number of hydrogen-bond acceptors (Lipinski definition) is 4. The lowest BCUT2D eigenvalue weighted by atomic mass is 9.95. The predicted octanol–water partition coefficient (Wildman–Crippen LogP) is 3.53. The quantitative estimate of drug-likeness (QED) is 0.832. The lowest BCUT2D eigenvalue weighted by Crippen LogP contribution is -2.37. The highest BCUT2D eigenvalue weighted by Crippen LogP contribution is 2.34. The van der Waals surface area contributed by atoms with E-state index >= 15 is 0 Å². The maximum atomic E-state index is 12.6. The molecule has 1 heterocycles. The minimum Gasteiger partial charge on any atom is -0.347 e. The molecule has 1 aromatic rings. The summed E-state index contributed by atoms with van der Waals surface area (Å²) >= 11 is 0.930. The van der Waals surface area contributed by atoms with Crippen molar-refractivity contribution < 1.29 is 18.0 Å². The molecule has 9 heteroatoms. The summed E-state index contributed by atoms with van der Waals surface area (Å²) < 4.78 is 37.9. The first-order valence-electron chi connectivity index (χ1n) is 7.39. The van der Waals surface area contributed by atoms with Gasteiger partial charge in [0.15, 0.2) is 5.69 Å². The molecule has 0 radical (unpaired) electrons. The zero-order valence-corrected chi connectivity index (χ0v) is 14.4. The number of aromatic nitrogens is 1. The molecule has 0 bridgehead atoms. The number of nitrogens with one attached hydrogen (secondary N) is 1. The number of alkyl halides is 3. The molecule has 1 aromatic heterocycles. The molecule has 0 saturated heterocycles. The van der Waals surface area contributed by atoms with Gasteiger partial charge in [-0.25, -0.2) is 4.98 Å². The number of rotatable bonds is 5. The standard InChI is InChI=1S/C14H20F3N3OS.ClH/c1-2-10(13-20-11(7-22-13)14(15,16)17)19-12(21)9-5-3-4-8(9)6-18;/h7-10H,2-6,18H2,1H3,(H,19,21);1H/t8-,9-,10?;/m1./s1. The minimum absolute atomic E-state index is 0. The highest BCUT2D eigenvalue weighted by Gasteiger charge is 2.36. The average Bonchev–Trinajstić information content (AvgIpc) is 3.11. The van der Waals surface area contributed by atoms with Crippen LogP contribution in [0.1, 0.15) is 49.4 Å². The molecule has 1 amide bonds. The summed E-state index contributed by atoms with van der Waals surface area (Å²) in [6.07, 6.45) is -1.27. The van der Waals surface area contributed by atoms with Gasteiger partial charge < -0.3 is 11.1 Å². The van der Waals surface area contributed by atoms with Crippen molar-refractivity contribution in [2.75, 3.05) is 6.54 Å². The molecule has 0 aromatic carbocycles. The van der Waals surface area contributed by atoms with E-state index in [0.717, 1.165) is 36.0 Å². The summed E-state index contributed by atoms with van der Waals surface area (Å²) in [5.74, 6) is -0.0933. The van der Waals surface area contributed by atoms with Gasteiger partial charge in [-0.05, 0) is 31.7 Å². The van der Waals surface area contributed by atoms with E-state index < -0.39 is 17.9 Å². The van der Waals surface area contributed by atoms with Crippen LogP contribution < -0.4 is 11.1 Å². The number of nitrogens with two attached hydrogens (primary N) is 1. The fourth-order valence-corrected chi connectivity index (χ4v) is 3.82. The van der Waals surface area contributed by atoms with E-state index in [1.807, 2.05) is 6.92 Å². The van der Waals surface area contributed by atoms with Crippen LogP contribution in [0.5, 0.6) is 0 Å². The smallest absolute Gasteiger partial charge is 0.347 e. The SMILES string of the molecule is CCC(NC(=O)[C@@H]1CCC[C@@H]1CN)c1nc(C(F)(F)F)cs1.Cl. The second kappa shape index (κ2) is 8.30. The fourth-order valence-electron chi connectivity index (χ4n) is 2.86. The van der Waals surface area contributed by atoms with Gasteiger partial charge in [0, 0.05) is 11.3 Å². The van der Waals surface area contributed by atoms with Crippen LogP contribution in [0.4, 0.5) is 13.2 Å². The van der Waals surface area contributed by atoms with E-state index in [2.05, 4.69) is 10.3 Å². The minimum atomic E-state index is -4.45. The fraction of sp³-hybridized carbons (Fsp3) is 0.714. The van der Waals surface area contributed by atoms with E-state index in [4.69, 9.17) is 5.73 Å². The van der Waals surface area contributed by atoms with Crippen molar-refractivity contribution in [3.63, 3.8) is 0 Å². The maximum Gasteiger partial charge on any atom is 0.434 e. The largest absolute Gasteiger partial charge is 0.434 e. The molecular weight excluding hydrogens is 351 g/mol. The third-order valence-corrected chi connectivity index (χ3v) is 5.09. The number of halogens is 4. The highest BCUT2D eigenvalue weighted by atomic mass is 35.5. The monoisotopic (exact) mass is 371 g/mol. The van der Waals surface area contributed by atoms with Gasteiger partial charge in [-0.2, -0.15) is 13.2 Å². The Morgan fingerprint density at radius 2 is 2.22 bits per heavy atom. The Morgan fingerprint density at radius 3 is 2.74 bits per heavy atom. The normalized spacial score (nSPS) is 22.5.